The van der Waals surface area contributed by atoms with E-state index in [9.17, 15) is 0 Å². The second-order valence-electron chi connectivity index (χ2n) is 5.07. The van der Waals surface area contributed by atoms with E-state index in [-0.39, 0.29) is 0 Å². The van der Waals surface area contributed by atoms with Crippen LogP contribution in [0.2, 0.25) is 0 Å². The fraction of sp³-hybridized carbons (Fsp3) is 0.167. The number of fused-ring (bicyclic) bond motifs is 1. The normalized spacial score (nSPS) is 10.7. The summed E-state index contributed by atoms with van der Waals surface area (Å²) >= 11 is 0. The number of ether oxygens (including phenoxy) is 1. The summed E-state index contributed by atoms with van der Waals surface area (Å²) in [5, 5.41) is 1.89. The van der Waals surface area contributed by atoms with E-state index in [0.717, 1.165) is 35.1 Å². The number of pyridine rings is 1. The van der Waals surface area contributed by atoms with E-state index in [4.69, 9.17) is 10.5 Å². The number of rotatable bonds is 4. The van der Waals surface area contributed by atoms with Gasteiger partial charge in [0.25, 0.3) is 0 Å². The van der Waals surface area contributed by atoms with E-state index in [1.807, 2.05) is 30.3 Å². The molecule has 2 aromatic carbocycles. The Kier molecular flexibility index (Phi) is 3.73. The molecular weight excluding hydrogens is 260 g/mol. The minimum absolute atomic E-state index is 0.712. The first kappa shape index (κ1) is 13.4. The molecule has 0 atom stereocenters. The van der Waals surface area contributed by atoms with Gasteiger partial charge in [-0.25, -0.2) is 0 Å². The second-order valence-corrected chi connectivity index (χ2v) is 5.07. The van der Waals surface area contributed by atoms with Crippen LogP contribution in [0, 0.1) is 0 Å². The molecule has 0 fully saturated rings. The number of hydrogen-bond acceptors (Lipinski definition) is 3. The molecule has 3 aromatic rings. The standard InChI is InChI=1S/C18H18N2O/c1-2-3-13-4-6-14(7-5-13)21-18-9-8-17(19)16-12-20-11-10-15(16)18/h4-12H,2-3,19H2,1H3. The Labute approximate surface area is 124 Å². The predicted octanol–water partition coefficient (Wildman–Crippen LogP) is 4.56. The zero-order valence-electron chi connectivity index (χ0n) is 12.0. The van der Waals surface area contributed by atoms with Crippen LogP contribution in [0.25, 0.3) is 10.8 Å². The topological polar surface area (TPSA) is 48.1 Å². The number of aromatic nitrogens is 1. The molecule has 0 amide bonds. The zero-order chi connectivity index (χ0) is 14.7. The average molecular weight is 278 g/mol. The van der Waals surface area contributed by atoms with Crippen molar-refractivity contribution in [2.45, 2.75) is 19.8 Å². The molecule has 3 nitrogen and oxygen atoms in total. The minimum atomic E-state index is 0.712. The minimum Gasteiger partial charge on any atom is -0.457 e. The van der Waals surface area contributed by atoms with E-state index in [0.29, 0.717) is 5.69 Å². The molecule has 106 valence electrons. The fourth-order valence-electron chi connectivity index (χ4n) is 2.41. The van der Waals surface area contributed by atoms with Gasteiger partial charge in [0.2, 0.25) is 0 Å². The summed E-state index contributed by atoms with van der Waals surface area (Å²) in [6, 6.07) is 13.9. The van der Waals surface area contributed by atoms with Crippen molar-refractivity contribution in [1.29, 1.82) is 0 Å². The Morgan fingerprint density at radius 2 is 1.81 bits per heavy atom. The van der Waals surface area contributed by atoms with E-state index >= 15 is 0 Å². The summed E-state index contributed by atoms with van der Waals surface area (Å²) in [6.07, 6.45) is 5.76. The molecule has 0 aliphatic carbocycles. The van der Waals surface area contributed by atoms with Gasteiger partial charge in [-0.15, -0.1) is 0 Å². The van der Waals surface area contributed by atoms with Gasteiger partial charge in [-0.2, -0.15) is 0 Å². The Morgan fingerprint density at radius 1 is 1.00 bits per heavy atom. The lowest BCUT2D eigenvalue weighted by molar-refractivity contribution is 0.488. The van der Waals surface area contributed by atoms with Crippen molar-refractivity contribution < 1.29 is 4.74 Å². The maximum Gasteiger partial charge on any atom is 0.135 e. The SMILES string of the molecule is CCCc1ccc(Oc2ccc(N)c3cnccc23)cc1. The Morgan fingerprint density at radius 3 is 2.57 bits per heavy atom. The van der Waals surface area contributed by atoms with E-state index in [1.165, 1.54) is 5.56 Å². The maximum absolute atomic E-state index is 6.00. The molecule has 0 spiro atoms. The lowest BCUT2D eigenvalue weighted by Crippen LogP contribution is -1.91. The van der Waals surface area contributed by atoms with Gasteiger partial charge in [0.1, 0.15) is 11.5 Å². The molecule has 0 radical (unpaired) electrons. The van der Waals surface area contributed by atoms with Gasteiger partial charge in [-0.1, -0.05) is 25.5 Å². The van der Waals surface area contributed by atoms with Crippen molar-refractivity contribution in [3.8, 4) is 11.5 Å². The maximum atomic E-state index is 6.00. The van der Waals surface area contributed by atoms with Gasteiger partial charge in [0, 0.05) is 28.9 Å². The summed E-state index contributed by atoms with van der Waals surface area (Å²) < 4.78 is 6.00. The van der Waals surface area contributed by atoms with Gasteiger partial charge in [-0.3, -0.25) is 4.98 Å². The number of nitrogen functional groups attached to an aromatic ring is 1. The molecule has 21 heavy (non-hydrogen) atoms. The Bertz CT molecular complexity index is 751. The molecule has 3 heteroatoms. The summed E-state index contributed by atoms with van der Waals surface area (Å²) in [7, 11) is 0. The number of anilines is 1. The number of nitrogens with zero attached hydrogens (tertiary/aromatic N) is 1. The quantitative estimate of drug-likeness (QED) is 0.711. The molecule has 1 heterocycles. The van der Waals surface area contributed by atoms with E-state index in [1.54, 1.807) is 12.4 Å². The first-order valence-electron chi connectivity index (χ1n) is 7.17. The Balaban J connectivity index is 1.93. The van der Waals surface area contributed by atoms with Crippen molar-refractivity contribution in [3.05, 3.63) is 60.4 Å². The third-order valence-corrected chi connectivity index (χ3v) is 3.50. The summed E-state index contributed by atoms with van der Waals surface area (Å²) in [5.74, 6) is 1.63. The summed E-state index contributed by atoms with van der Waals surface area (Å²) in [6.45, 7) is 2.18. The highest BCUT2D eigenvalue weighted by atomic mass is 16.5. The van der Waals surface area contributed by atoms with Gasteiger partial charge in [0.05, 0.1) is 0 Å². The van der Waals surface area contributed by atoms with E-state index in [2.05, 4.69) is 24.0 Å². The van der Waals surface area contributed by atoms with Crippen LogP contribution >= 0.6 is 0 Å². The fourth-order valence-corrected chi connectivity index (χ4v) is 2.41. The average Bonchev–Trinajstić information content (AvgIpc) is 2.52. The predicted molar refractivity (Wildman–Crippen MR) is 86.7 cm³/mol. The lowest BCUT2D eigenvalue weighted by Gasteiger charge is -2.10. The lowest BCUT2D eigenvalue weighted by atomic mass is 10.1. The van der Waals surface area contributed by atoms with Crippen molar-refractivity contribution in [1.82, 2.24) is 4.98 Å². The summed E-state index contributed by atoms with van der Waals surface area (Å²) in [5.41, 5.74) is 8.02. The smallest absolute Gasteiger partial charge is 0.135 e. The van der Waals surface area contributed by atoms with Crippen molar-refractivity contribution in [3.63, 3.8) is 0 Å². The molecule has 3 rings (SSSR count). The molecule has 1 aromatic heterocycles. The van der Waals surface area contributed by atoms with Crippen LogP contribution in [0.1, 0.15) is 18.9 Å². The van der Waals surface area contributed by atoms with Gasteiger partial charge in [-0.05, 0) is 42.3 Å². The van der Waals surface area contributed by atoms with Crippen LogP contribution in [0.4, 0.5) is 5.69 Å². The molecule has 0 bridgehead atoms. The highest BCUT2D eigenvalue weighted by Gasteiger charge is 2.06. The highest BCUT2D eigenvalue weighted by molar-refractivity contribution is 5.96. The number of nitrogens with two attached hydrogens (primary N) is 1. The largest absolute Gasteiger partial charge is 0.457 e. The monoisotopic (exact) mass is 278 g/mol. The third-order valence-electron chi connectivity index (χ3n) is 3.50. The van der Waals surface area contributed by atoms with Gasteiger partial charge >= 0.3 is 0 Å². The van der Waals surface area contributed by atoms with Crippen molar-refractivity contribution >= 4 is 16.5 Å². The molecule has 0 saturated heterocycles. The molecule has 0 saturated carbocycles. The molecule has 0 aliphatic rings. The van der Waals surface area contributed by atoms with Gasteiger partial charge < -0.3 is 10.5 Å². The van der Waals surface area contributed by atoms with E-state index < -0.39 is 0 Å². The van der Waals surface area contributed by atoms with Crippen LogP contribution in [-0.4, -0.2) is 4.98 Å². The first-order chi connectivity index (χ1) is 10.3. The molecule has 0 aliphatic heterocycles. The van der Waals surface area contributed by atoms with Crippen molar-refractivity contribution in [2.24, 2.45) is 0 Å². The van der Waals surface area contributed by atoms with Crippen LogP contribution in [-0.2, 0) is 6.42 Å². The number of hydrogen-bond donors (Lipinski definition) is 1. The Hall–Kier alpha value is -2.55. The summed E-state index contributed by atoms with van der Waals surface area (Å²) in [4.78, 5) is 4.12. The highest BCUT2D eigenvalue weighted by Crippen LogP contribution is 2.32. The van der Waals surface area contributed by atoms with Crippen LogP contribution in [0.15, 0.2) is 54.9 Å². The van der Waals surface area contributed by atoms with Crippen LogP contribution in [0.5, 0.6) is 11.5 Å². The number of aryl methyl sites for hydroxylation is 1. The zero-order valence-corrected chi connectivity index (χ0v) is 12.0. The molecule has 2 N–H and O–H groups in total. The first-order valence-corrected chi connectivity index (χ1v) is 7.17. The second kappa shape index (κ2) is 5.83. The van der Waals surface area contributed by atoms with Crippen molar-refractivity contribution in [2.75, 3.05) is 5.73 Å². The molecular formula is C18H18N2O. The van der Waals surface area contributed by atoms with Crippen LogP contribution < -0.4 is 10.5 Å². The van der Waals surface area contributed by atoms with Gasteiger partial charge in [0.15, 0.2) is 0 Å². The van der Waals surface area contributed by atoms with Crippen LogP contribution in [0.3, 0.4) is 0 Å². The third kappa shape index (κ3) is 2.82. The number of benzene rings is 2. The molecule has 0 unspecified atom stereocenters.